The van der Waals surface area contributed by atoms with E-state index in [9.17, 15) is 5.11 Å². The SMILES string of the molecule is CCc1nn2c(C)cc(C)nc2c1Cc1ccc(/C=C/CN2CCN(C[C@@H](O)COC)CC2)cc1. The standard InChI is InChI=1S/C28H39N5O2/c1-5-27-26(28-29-21(2)17-22(3)33(28)30-27)18-24-10-8-23(9-11-24)7-6-12-31-13-15-32(16-14-31)19-25(34)20-35-4/h6-11,17,25,34H,5,12-16,18-20H2,1-4H3/b7-6+/t25-/m1/s1. The number of nitrogens with zero attached hydrogens (tertiary/aromatic N) is 5. The van der Waals surface area contributed by atoms with Crippen LogP contribution in [-0.4, -0.2) is 88.6 Å². The molecule has 1 aliphatic heterocycles. The van der Waals surface area contributed by atoms with Crippen molar-refractivity contribution in [3.05, 3.63) is 70.2 Å². The van der Waals surface area contributed by atoms with Gasteiger partial charge in [0.1, 0.15) is 0 Å². The molecule has 0 unspecified atom stereocenters. The number of aliphatic hydroxyl groups excluding tert-OH is 1. The quantitative estimate of drug-likeness (QED) is 0.484. The Kier molecular flexibility index (Phi) is 8.68. The van der Waals surface area contributed by atoms with Crippen LogP contribution in [0.25, 0.3) is 11.7 Å². The van der Waals surface area contributed by atoms with Crippen molar-refractivity contribution in [1.82, 2.24) is 24.4 Å². The first kappa shape index (κ1) is 25.5. The Labute approximate surface area is 209 Å². The predicted octanol–water partition coefficient (Wildman–Crippen LogP) is 3.14. The van der Waals surface area contributed by atoms with Crippen LogP contribution in [-0.2, 0) is 17.6 Å². The number of aliphatic hydroxyl groups is 1. The molecule has 3 heterocycles. The molecule has 7 heteroatoms. The summed E-state index contributed by atoms with van der Waals surface area (Å²) in [6.45, 7) is 12.3. The molecule has 188 valence electrons. The molecule has 0 bridgehead atoms. The zero-order valence-electron chi connectivity index (χ0n) is 21.6. The van der Waals surface area contributed by atoms with Crippen molar-refractivity contribution < 1.29 is 9.84 Å². The highest BCUT2D eigenvalue weighted by Crippen LogP contribution is 2.21. The lowest BCUT2D eigenvalue weighted by Gasteiger charge is -2.35. The number of hydrogen-bond acceptors (Lipinski definition) is 6. The molecule has 1 N–H and O–H groups in total. The van der Waals surface area contributed by atoms with Crippen molar-refractivity contribution in [2.45, 2.75) is 39.7 Å². The van der Waals surface area contributed by atoms with Crippen molar-refractivity contribution in [3.63, 3.8) is 0 Å². The van der Waals surface area contributed by atoms with Gasteiger partial charge in [0.05, 0.1) is 18.4 Å². The molecule has 1 fully saturated rings. The Morgan fingerprint density at radius 3 is 2.49 bits per heavy atom. The van der Waals surface area contributed by atoms with Gasteiger partial charge in [-0.1, -0.05) is 43.3 Å². The van der Waals surface area contributed by atoms with Crippen LogP contribution in [0.2, 0.25) is 0 Å². The maximum Gasteiger partial charge on any atom is 0.159 e. The van der Waals surface area contributed by atoms with E-state index in [0.29, 0.717) is 13.2 Å². The van der Waals surface area contributed by atoms with Gasteiger partial charge < -0.3 is 9.84 Å². The molecule has 2 aromatic heterocycles. The molecule has 1 atom stereocenters. The number of ether oxygens (including phenoxy) is 1. The Balaban J connectivity index is 1.32. The van der Waals surface area contributed by atoms with E-state index >= 15 is 0 Å². The van der Waals surface area contributed by atoms with Gasteiger partial charge in [-0.15, -0.1) is 0 Å². The van der Waals surface area contributed by atoms with Crippen LogP contribution in [0.3, 0.4) is 0 Å². The monoisotopic (exact) mass is 477 g/mol. The van der Waals surface area contributed by atoms with E-state index in [1.54, 1.807) is 7.11 Å². The minimum Gasteiger partial charge on any atom is -0.389 e. The molecule has 0 aliphatic carbocycles. The first-order valence-corrected chi connectivity index (χ1v) is 12.7. The van der Waals surface area contributed by atoms with Crippen LogP contribution in [0.15, 0.2) is 36.4 Å². The Morgan fingerprint density at radius 1 is 1.09 bits per heavy atom. The molecule has 7 nitrogen and oxygen atoms in total. The average Bonchev–Trinajstić information content (AvgIpc) is 3.19. The summed E-state index contributed by atoms with van der Waals surface area (Å²) in [6.07, 6.45) is 5.80. The van der Waals surface area contributed by atoms with Gasteiger partial charge in [0.15, 0.2) is 5.65 Å². The topological polar surface area (TPSA) is 66.1 Å². The fourth-order valence-electron chi connectivity index (χ4n) is 4.86. The van der Waals surface area contributed by atoms with E-state index in [1.165, 1.54) is 16.7 Å². The van der Waals surface area contributed by atoms with Crippen LogP contribution in [0, 0.1) is 13.8 Å². The third-order valence-corrected chi connectivity index (χ3v) is 6.74. The minimum absolute atomic E-state index is 0.400. The van der Waals surface area contributed by atoms with Gasteiger partial charge in [0.2, 0.25) is 0 Å². The van der Waals surface area contributed by atoms with Crippen molar-refractivity contribution in [1.29, 1.82) is 0 Å². The molecule has 1 aromatic carbocycles. The van der Waals surface area contributed by atoms with Gasteiger partial charge in [-0.2, -0.15) is 5.10 Å². The van der Waals surface area contributed by atoms with E-state index in [0.717, 1.165) is 68.3 Å². The molecule has 4 rings (SSSR count). The molecule has 0 spiro atoms. The summed E-state index contributed by atoms with van der Waals surface area (Å²) < 4.78 is 7.01. The van der Waals surface area contributed by atoms with Gasteiger partial charge in [-0.3, -0.25) is 9.80 Å². The second kappa shape index (κ2) is 11.9. The number of benzene rings is 1. The fraction of sp³-hybridized carbons (Fsp3) is 0.500. The molecule has 0 amide bonds. The zero-order valence-corrected chi connectivity index (χ0v) is 21.6. The summed E-state index contributed by atoms with van der Waals surface area (Å²) in [7, 11) is 1.63. The van der Waals surface area contributed by atoms with E-state index < -0.39 is 6.10 Å². The number of methoxy groups -OCH3 is 1. The molecule has 0 saturated carbocycles. The van der Waals surface area contributed by atoms with E-state index in [4.69, 9.17) is 14.8 Å². The Bertz CT molecular complexity index is 1130. The summed E-state index contributed by atoms with van der Waals surface area (Å²) in [6, 6.07) is 10.9. The molecule has 1 aliphatic rings. The lowest BCUT2D eigenvalue weighted by molar-refractivity contribution is 0.0252. The van der Waals surface area contributed by atoms with Crippen LogP contribution in [0.1, 0.15) is 40.7 Å². The number of piperazine rings is 1. The second-order valence-corrected chi connectivity index (χ2v) is 9.58. The number of hydrogen-bond donors (Lipinski definition) is 1. The summed E-state index contributed by atoms with van der Waals surface area (Å²) in [5.74, 6) is 0. The van der Waals surface area contributed by atoms with E-state index in [1.807, 2.05) is 11.4 Å². The molecule has 0 radical (unpaired) electrons. The van der Waals surface area contributed by atoms with Crippen LogP contribution >= 0.6 is 0 Å². The van der Waals surface area contributed by atoms with Crippen molar-refractivity contribution in [2.24, 2.45) is 0 Å². The third kappa shape index (κ3) is 6.55. The average molecular weight is 478 g/mol. The number of aryl methyl sites for hydroxylation is 3. The predicted molar refractivity (Wildman–Crippen MR) is 141 cm³/mol. The normalized spacial score (nSPS) is 16.5. The van der Waals surface area contributed by atoms with E-state index in [-0.39, 0.29) is 0 Å². The smallest absolute Gasteiger partial charge is 0.159 e. The van der Waals surface area contributed by atoms with Crippen LogP contribution in [0.5, 0.6) is 0 Å². The number of β-amino-alcohol motifs (C(OH)–C–C–N with tert-alkyl or cyclic N) is 1. The Morgan fingerprint density at radius 2 is 1.80 bits per heavy atom. The fourth-order valence-corrected chi connectivity index (χ4v) is 4.86. The third-order valence-electron chi connectivity index (χ3n) is 6.74. The Hall–Kier alpha value is -2.58. The highest BCUT2D eigenvalue weighted by Gasteiger charge is 2.18. The number of rotatable bonds is 10. The van der Waals surface area contributed by atoms with Crippen LogP contribution < -0.4 is 0 Å². The second-order valence-electron chi connectivity index (χ2n) is 9.58. The van der Waals surface area contributed by atoms with Gasteiger partial charge in [-0.25, -0.2) is 9.50 Å². The lowest BCUT2D eigenvalue weighted by atomic mass is 10.0. The number of fused-ring (bicyclic) bond motifs is 1. The minimum atomic E-state index is -0.402. The van der Waals surface area contributed by atoms with Gasteiger partial charge in [0, 0.05) is 69.8 Å². The maximum absolute atomic E-state index is 9.92. The summed E-state index contributed by atoms with van der Waals surface area (Å²) >= 11 is 0. The summed E-state index contributed by atoms with van der Waals surface area (Å²) in [5.41, 5.74) is 8.00. The highest BCUT2D eigenvalue weighted by molar-refractivity contribution is 5.55. The largest absolute Gasteiger partial charge is 0.389 e. The molecule has 3 aromatic rings. The van der Waals surface area contributed by atoms with Gasteiger partial charge in [-0.05, 0) is 37.5 Å². The molecular weight excluding hydrogens is 438 g/mol. The maximum atomic E-state index is 9.92. The van der Waals surface area contributed by atoms with E-state index in [2.05, 4.69) is 66.1 Å². The van der Waals surface area contributed by atoms with Crippen molar-refractivity contribution in [2.75, 3.05) is 53.0 Å². The molecule has 35 heavy (non-hydrogen) atoms. The number of aromatic nitrogens is 3. The first-order valence-electron chi connectivity index (χ1n) is 12.7. The van der Waals surface area contributed by atoms with Crippen molar-refractivity contribution >= 4 is 11.7 Å². The summed E-state index contributed by atoms with van der Waals surface area (Å²) in [4.78, 5) is 9.57. The summed E-state index contributed by atoms with van der Waals surface area (Å²) in [5, 5.41) is 14.7. The molecule has 1 saturated heterocycles. The highest BCUT2D eigenvalue weighted by atomic mass is 16.5. The van der Waals surface area contributed by atoms with Crippen LogP contribution in [0.4, 0.5) is 0 Å². The molecular formula is C28H39N5O2. The van der Waals surface area contributed by atoms with Gasteiger partial charge >= 0.3 is 0 Å². The zero-order chi connectivity index (χ0) is 24.8. The van der Waals surface area contributed by atoms with Crippen molar-refractivity contribution in [3.8, 4) is 0 Å². The first-order chi connectivity index (χ1) is 17.0. The lowest BCUT2D eigenvalue weighted by Crippen LogP contribution is -2.48. The van der Waals surface area contributed by atoms with Gasteiger partial charge in [0.25, 0.3) is 0 Å².